The van der Waals surface area contributed by atoms with Crippen LogP contribution < -0.4 is 0 Å². The lowest BCUT2D eigenvalue weighted by Gasteiger charge is -2.18. The van der Waals surface area contributed by atoms with Crippen molar-refractivity contribution >= 4 is 29.0 Å². The molecule has 8 heteroatoms. The Balaban J connectivity index is 1.77. The Labute approximate surface area is 156 Å². The normalized spacial score (nSPS) is 17.1. The predicted octanol–water partition coefficient (Wildman–Crippen LogP) is 3.15. The van der Waals surface area contributed by atoms with Crippen molar-refractivity contribution in [3.63, 3.8) is 0 Å². The fraction of sp³-hybridized carbons (Fsp3) is 0.588. The molecule has 0 bridgehead atoms. The minimum absolute atomic E-state index is 0.138. The smallest absolute Gasteiger partial charge is 0.233 e. The van der Waals surface area contributed by atoms with Gasteiger partial charge in [0.15, 0.2) is 11.0 Å². The SMILES string of the molecule is CCN(CC)C(=O)CSc1nnc(-c2cccs2)n1CC1CCCO1. The van der Waals surface area contributed by atoms with Crippen molar-refractivity contribution < 1.29 is 9.53 Å². The van der Waals surface area contributed by atoms with Crippen LogP contribution in [0.4, 0.5) is 0 Å². The average Bonchev–Trinajstić information content (AvgIpc) is 3.37. The van der Waals surface area contributed by atoms with E-state index >= 15 is 0 Å². The molecular formula is C17H24N4O2S2. The van der Waals surface area contributed by atoms with Gasteiger partial charge in [0.05, 0.1) is 23.3 Å². The van der Waals surface area contributed by atoms with Gasteiger partial charge in [-0.15, -0.1) is 21.5 Å². The summed E-state index contributed by atoms with van der Waals surface area (Å²) in [6.07, 6.45) is 2.36. The lowest BCUT2D eigenvalue weighted by Crippen LogP contribution is -2.32. The quantitative estimate of drug-likeness (QED) is 0.659. The first-order chi connectivity index (χ1) is 12.2. The van der Waals surface area contributed by atoms with E-state index in [1.807, 2.05) is 30.2 Å². The number of ether oxygens (including phenoxy) is 1. The number of amides is 1. The third kappa shape index (κ3) is 4.43. The van der Waals surface area contributed by atoms with Gasteiger partial charge in [-0.05, 0) is 38.1 Å². The molecule has 0 aromatic carbocycles. The number of thiophene rings is 1. The number of hydrogen-bond acceptors (Lipinski definition) is 6. The second-order valence-electron chi connectivity index (χ2n) is 5.88. The van der Waals surface area contributed by atoms with E-state index in [0.717, 1.165) is 54.9 Å². The Morgan fingerprint density at radius 2 is 2.28 bits per heavy atom. The minimum atomic E-state index is 0.138. The van der Waals surface area contributed by atoms with E-state index in [9.17, 15) is 4.79 Å². The summed E-state index contributed by atoms with van der Waals surface area (Å²) >= 11 is 3.11. The lowest BCUT2D eigenvalue weighted by atomic mass is 10.2. The molecule has 0 spiro atoms. The van der Waals surface area contributed by atoms with Crippen molar-refractivity contribution in [3.05, 3.63) is 17.5 Å². The molecule has 0 aliphatic carbocycles. The summed E-state index contributed by atoms with van der Waals surface area (Å²) in [5.41, 5.74) is 0. The van der Waals surface area contributed by atoms with Crippen molar-refractivity contribution in [1.82, 2.24) is 19.7 Å². The second kappa shape index (κ2) is 8.82. The standard InChI is InChI=1S/C17H24N4O2S2/c1-3-20(4-2)15(22)12-25-17-19-18-16(14-8-6-10-24-14)21(17)11-13-7-5-9-23-13/h6,8,10,13H,3-5,7,9,11-12H2,1-2H3. The number of nitrogens with zero attached hydrogens (tertiary/aromatic N) is 4. The van der Waals surface area contributed by atoms with Crippen LogP contribution in [0.25, 0.3) is 10.7 Å². The molecule has 0 saturated carbocycles. The molecule has 25 heavy (non-hydrogen) atoms. The van der Waals surface area contributed by atoms with Crippen LogP contribution >= 0.6 is 23.1 Å². The van der Waals surface area contributed by atoms with E-state index in [4.69, 9.17) is 4.74 Å². The van der Waals surface area contributed by atoms with Crippen LogP contribution in [0, 0.1) is 0 Å². The van der Waals surface area contributed by atoms with Gasteiger partial charge in [0.2, 0.25) is 5.91 Å². The van der Waals surface area contributed by atoms with Gasteiger partial charge in [-0.3, -0.25) is 9.36 Å². The van der Waals surface area contributed by atoms with Gasteiger partial charge < -0.3 is 9.64 Å². The summed E-state index contributed by atoms with van der Waals surface area (Å²) in [4.78, 5) is 15.2. The Kier molecular flexibility index (Phi) is 6.50. The van der Waals surface area contributed by atoms with Gasteiger partial charge in [-0.1, -0.05) is 17.8 Å². The van der Waals surface area contributed by atoms with Gasteiger partial charge in [-0.25, -0.2) is 0 Å². The van der Waals surface area contributed by atoms with E-state index in [0.29, 0.717) is 5.75 Å². The summed E-state index contributed by atoms with van der Waals surface area (Å²) in [6.45, 7) is 7.03. The third-order valence-corrected chi connectivity index (χ3v) is 6.13. The maximum absolute atomic E-state index is 12.3. The fourth-order valence-corrected chi connectivity index (χ4v) is 4.50. The zero-order valence-electron chi connectivity index (χ0n) is 14.7. The minimum Gasteiger partial charge on any atom is -0.376 e. The number of carbonyl (C=O) groups excluding carboxylic acids is 1. The van der Waals surface area contributed by atoms with Gasteiger partial charge in [0, 0.05) is 19.7 Å². The topological polar surface area (TPSA) is 60.2 Å². The number of hydrogen-bond donors (Lipinski definition) is 0. The number of aromatic nitrogens is 3. The van der Waals surface area contributed by atoms with E-state index in [-0.39, 0.29) is 12.0 Å². The molecule has 1 aliphatic rings. The van der Waals surface area contributed by atoms with Crippen molar-refractivity contribution in [2.75, 3.05) is 25.4 Å². The molecule has 0 radical (unpaired) electrons. The lowest BCUT2D eigenvalue weighted by molar-refractivity contribution is -0.127. The molecule has 1 amide bonds. The first-order valence-electron chi connectivity index (χ1n) is 8.72. The summed E-state index contributed by atoms with van der Waals surface area (Å²) in [5, 5.41) is 11.6. The van der Waals surface area contributed by atoms with Gasteiger partial charge >= 0.3 is 0 Å². The number of rotatable bonds is 8. The predicted molar refractivity (Wildman–Crippen MR) is 101 cm³/mol. The van der Waals surface area contributed by atoms with E-state index in [2.05, 4.69) is 20.8 Å². The molecule has 2 aromatic heterocycles. The average molecular weight is 381 g/mol. The van der Waals surface area contributed by atoms with Crippen LogP contribution in [0.1, 0.15) is 26.7 Å². The van der Waals surface area contributed by atoms with Gasteiger partial charge in [0.1, 0.15) is 0 Å². The molecule has 2 aromatic rings. The zero-order chi connectivity index (χ0) is 17.6. The van der Waals surface area contributed by atoms with Crippen LogP contribution in [0.5, 0.6) is 0 Å². The van der Waals surface area contributed by atoms with Gasteiger partial charge in [0.25, 0.3) is 0 Å². The van der Waals surface area contributed by atoms with Crippen molar-refractivity contribution in [2.45, 2.75) is 44.5 Å². The Morgan fingerprint density at radius 3 is 2.92 bits per heavy atom. The first-order valence-corrected chi connectivity index (χ1v) is 10.6. The van der Waals surface area contributed by atoms with Crippen molar-refractivity contribution in [3.8, 4) is 10.7 Å². The number of thioether (sulfide) groups is 1. The van der Waals surface area contributed by atoms with Crippen molar-refractivity contribution in [2.24, 2.45) is 0 Å². The van der Waals surface area contributed by atoms with Crippen LogP contribution in [-0.4, -0.2) is 57.1 Å². The highest BCUT2D eigenvalue weighted by atomic mass is 32.2. The highest BCUT2D eigenvalue weighted by Crippen LogP contribution is 2.29. The van der Waals surface area contributed by atoms with Crippen LogP contribution in [0.3, 0.4) is 0 Å². The van der Waals surface area contributed by atoms with E-state index < -0.39 is 0 Å². The van der Waals surface area contributed by atoms with Crippen LogP contribution in [0.15, 0.2) is 22.7 Å². The van der Waals surface area contributed by atoms with Crippen LogP contribution in [0.2, 0.25) is 0 Å². The second-order valence-corrected chi connectivity index (χ2v) is 7.77. The monoisotopic (exact) mass is 380 g/mol. The molecule has 1 aliphatic heterocycles. The molecule has 1 saturated heterocycles. The Morgan fingerprint density at radius 1 is 1.44 bits per heavy atom. The Hall–Kier alpha value is -1.38. The van der Waals surface area contributed by atoms with Gasteiger partial charge in [-0.2, -0.15) is 0 Å². The van der Waals surface area contributed by atoms with Crippen LogP contribution in [-0.2, 0) is 16.1 Å². The fourth-order valence-electron chi connectivity index (χ4n) is 2.93. The molecule has 0 N–H and O–H groups in total. The first kappa shape index (κ1) is 18.4. The molecule has 3 rings (SSSR count). The Bertz CT molecular complexity index is 677. The highest BCUT2D eigenvalue weighted by Gasteiger charge is 2.23. The summed E-state index contributed by atoms with van der Waals surface area (Å²) < 4.78 is 7.91. The maximum atomic E-state index is 12.3. The molecule has 136 valence electrons. The highest BCUT2D eigenvalue weighted by molar-refractivity contribution is 7.99. The molecule has 3 heterocycles. The number of carbonyl (C=O) groups is 1. The van der Waals surface area contributed by atoms with E-state index in [1.54, 1.807) is 11.3 Å². The molecule has 1 unspecified atom stereocenters. The molecule has 1 fully saturated rings. The van der Waals surface area contributed by atoms with Crippen molar-refractivity contribution in [1.29, 1.82) is 0 Å². The maximum Gasteiger partial charge on any atom is 0.233 e. The summed E-state index contributed by atoms with van der Waals surface area (Å²) in [5.74, 6) is 1.39. The van der Waals surface area contributed by atoms with E-state index in [1.165, 1.54) is 11.8 Å². The third-order valence-electron chi connectivity index (χ3n) is 4.31. The molecule has 1 atom stereocenters. The summed E-state index contributed by atoms with van der Waals surface area (Å²) in [6, 6.07) is 4.07. The molecular weight excluding hydrogens is 356 g/mol. The summed E-state index contributed by atoms with van der Waals surface area (Å²) in [7, 11) is 0. The largest absolute Gasteiger partial charge is 0.376 e. The zero-order valence-corrected chi connectivity index (χ0v) is 16.3. The molecule has 6 nitrogen and oxygen atoms in total.